The number of piperazine rings is 1. The Balaban J connectivity index is 1.27. The first kappa shape index (κ1) is 23.3. The molecule has 0 saturated carbocycles. The number of hydrogen-bond acceptors (Lipinski definition) is 7. The highest BCUT2D eigenvalue weighted by atomic mass is 16.6. The van der Waals surface area contributed by atoms with E-state index in [2.05, 4.69) is 38.4 Å². The minimum atomic E-state index is -0.496. The van der Waals surface area contributed by atoms with Crippen LogP contribution in [0.1, 0.15) is 32.8 Å². The van der Waals surface area contributed by atoms with E-state index in [0.717, 1.165) is 52.6 Å². The number of hydrogen-bond donors (Lipinski definition) is 1. The molecule has 2 bridgehead atoms. The summed E-state index contributed by atoms with van der Waals surface area (Å²) in [7, 11) is 0. The molecule has 0 aliphatic carbocycles. The third-order valence-corrected chi connectivity index (χ3v) is 6.89. The van der Waals surface area contributed by atoms with Crippen molar-refractivity contribution in [3.63, 3.8) is 0 Å². The topological polar surface area (TPSA) is 88.4 Å². The third kappa shape index (κ3) is 4.45. The molecule has 9 nitrogen and oxygen atoms in total. The molecule has 5 heterocycles. The Labute approximate surface area is 216 Å². The van der Waals surface area contributed by atoms with Gasteiger partial charge >= 0.3 is 6.09 Å². The number of anilines is 3. The van der Waals surface area contributed by atoms with Crippen LogP contribution in [0.5, 0.6) is 0 Å². The van der Waals surface area contributed by atoms with Gasteiger partial charge in [-0.1, -0.05) is 12.1 Å². The normalized spacial score (nSPS) is 19.0. The van der Waals surface area contributed by atoms with E-state index in [1.165, 1.54) is 0 Å². The smallest absolute Gasteiger partial charge is 0.410 e. The van der Waals surface area contributed by atoms with Crippen LogP contribution >= 0.6 is 0 Å². The zero-order valence-electron chi connectivity index (χ0n) is 21.5. The van der Waals surface area contributed by atoms with Crippen LogP contribution in [0.4, 0.5) is 22.2 Å². The van der Waals surface area contributed by atoms with Gasteiger partial charge in [0.25, 0.3) is 0 Å². The molecule has 4 aromatic rings. The summed E-state index contributed by atoms with van der Waals surface area (Å²) in [6.07, 6.45) is 4.31. The first-order valence-corrected chi connectivity index (χ1v) is 12.7. The lowest BCUT2D eigenvalue weighted by atomic mass is 10.2. The Morgan fingerprint density at radius 2 is 1.84 bits per heavy atom. The molecule has 1 aromatic carbocycles. The number of nitrogens with zero attached hydrogens (tertiary/aromatic N) is 6. The van der Waals surface area contributed by atoms with E-state index in [-0.39, 0.29) is 18.2 Å². The Morgan fingerprint density at radius 1 is 1.03 bits per heavy atom. The van der Waals surface area contributed by atoms with Gasteiger partial charge in [-0.2, -0.15) is 0 Å². The van der Waals surface area contributed by atoms with Crippen LogP contribution in [0.3, 0.4) is 0 Å². The minimum Gasteiger partial charge on any atom is -0.444 e. The van der Waals surface area contributed by atoms with Gasteiger partial charge in [-0.25, -0.2) is 19.4 Å². The highest BCUT2D eigenvalue weighted by Gasteiger charge is 2.47. The second-order valence-corrected chi connectivity index (χ2v) is 10.8. The second kappa shape index (κ2) is 8.76. The fourth-order valence-corrected chi connectivity index (χ4v) is 5.27. The van der Waals surface area contributed by atoms with Crippen LogP contribution in [-0.2, 0) is 4.74 Å². The van der Waals surface area contributed by atoms with Gasteiger partial charge in [0.15, 0.2) is 5.82 Å². The van der Waals surface area contributed by atoms with Crippen molar-refractivity contribution in [1.82, 2.24) is 24.6 Å². The predicted molar refractivity (Wildman–Crippen MR) is 144 cm³/mol. The van der Waals surface area contributed by atoms with E-state index in [0.29, 0.717) is 6.54 Å². The summed E-state index contributed by atoms with van der Waals surface area (Å²) in [6.45, 7) is 9.13. The Bertz CT molecular complexity index is 1470. The first-order chi connectivity index (χ1) is 17.7. The number of fused-ring (bicyclic) bond motifs is 3. The summed E-state index contributed by atoms with van der Waals surface area (Å²) in [5.74, 6) is 2.40. The summed E-state index contributed by atoms with van der Waals surface area (Å²) < 4.78 is 7.56. The number of rotatable bonds is 4. The second-order valence-electron chi connectivity index (χ2n) is 10.8. The number of amides is 1. The summed E-state index contributed by atoms with van der Waals surface area (Å²) in [5.41, 5.74) is 2.56. The number of para-hydroxylation sites is 1. The molecule has 1 amide bonds. The van der Waals surface area contributed by atoms with E-state index < -0.39 is 5.60 Å². The monoisotopic (exact) mass is 497 g/mol. The molecular formula is C28H31N7O2. The van der Waals surface area contributed by atoms with Crippen LogP contribution in [0.2, 0.25) is 0 Å². The lowest BCUT2D eigenvalue weighted by Crippen LogP contribution is -2.50. The Hall–Kier alpha value is -4.14. The van der Waals surface area contributed by atoms with Crippen molar-refractivity contribution >= 4 is 34.4 Å². The Kier molecular flexibility index (Phi) is 5.51. The van der Waals surface area contributed by atoms with Crippen molar-refractivity contribution < 1.29 is 9.53 Å². The van der Waals surface area contributed by atoms with Crippen LogP contribution < -0.4 is 10.2 Å². The molecule has 37 heavy (non-hydrogen) atoms. The maximum absolute atomic E-state index is 12.7. The van der Waals surface area contributed by atoms with E-state index >= 15 is 0 Å². The van der Waals surface area contributed by atoms with Gasteiger partial charge < -0.3 is 19.9 Å². The molecule has 190 valence electrons. The summed E-state index contributed by atoms with van der Waals surface area (Å²) in [6, 6.07) is 16.5. The standard InChI is InChI=1S/C28H31N7O2/c1-18-9-11-29-24(13-18)31-26-22-7-5-6-8-23(22)35(32-26)19-10-12-30-25(15-19)33-16-21-14-20(33)17-34(21)27(36)37-28(2,3)4/h5-13,15,20-21H,14,16-17H2,1-4H3,(H,29,31,32). The average molecular weight is 498 g/mol. The summed E-state index contributed by atoms with van der Waals surface area (Å²) in [4.78, 5) is 25.9. The summed E-state index contributed by atoms with van der Waals surface area (Å²) in [5, 5.41) is 9.31. The highest BCUT2D eigenvalue weighted by molar-refractivity contribution is 5.92. The van der Waals surface area contributed by atoms with Crippen LogP contribution in [0.25, 0.3) is 16.6 Å². The average Bonchev–Trinajstić information content (AvgIpc) is 3.57. The number of carbonyl (C=O) groups excluding carboxylic acids is 1. The molecule has 9 heteroatoms. The number of benzene rings is 1. The van der Waals surface area contributed by atoms with Gasteiger partial charge in [-0.05, 0) is 70.0 Å². The molecule has 2 aliphatic rings. The fourth-order valence-electron chi connectivity index (χ4n) is 5.27. The van der Waals surface area contributed by atoms with Gasteiger partial charge in [0.05, 0.1) is 23.3 Å². The van der Waals surface area contributed by atoms with E-state index in [1.807, 2.05) is 73.8 Å². The number of aryl methyl sites for hydroxylation is 1. The van der Waals surface area contributed by atoms with E-state index in [9.17, 15) is 4.79 Å². The zero-order valence-corrected chi connectivity index (χ0v) is 21.5. The maximum atomic E-state index is 12.7. The van der Waals surface area contributed by atoms with Crippen molar-refractivity contribution in [2.75, 3.05) is 23.3 Å². The van der Waals surface area contributed by atoms with Gasteiger partial charge in [0.2, 0.25) is 0 Å². The minimum absolute atomic E-state index is 0.133. The molecule has 2 saturated heterocycles. The van der Waals surface area contributed by atoms with Crippen molar-refractivity contribution in [2.24, 2.45) is 0 Å². The molecule has 3 aromatic heterocycles. The van der Waals surface area contributed by atoms with Crippen molar-refractivity contribution in [1.29, 1.82) is 0 Å². The van der Waals surface area contributed by atoms with Crippen LogP contribution in [0.15, 0.2) is 60.9 Å². The van der Waals surface area contributed by atoms with Gasteiger partial charge in [-0.15, -0.1) is 5.10 Å². The van der Waals surface area contributed by atoms with Crippen molar-refractivity contribution in [3.8, 4) is 5.69 Å². The zero-order chi connectivity index (χ0) is 25.7. The van der Waals surface area contributed by atoms with E-state index in [1.54, 1.807) is 6.20 Å². The SMILES string of the molecule is Cc1ccnc(Nc2nn(-c3ccnc(N4CC5CC4CN5C(=O)OC(C)(C)C)c3)c3ccccc23)c1. The quantitative estimate of drug-likeness (QED) is 0.421. The van der Waals surface area contributed by atoms with Crippen molar-refractivity contribution in [3.05, 3.63) is 66.5 Å². The van der Waals surface area contributed by atoms with Crippen LogP contribution in [0, 0.1) is 6.92 Å². The molecule has 2 aliphatic heterocycles. The lowest BCUT2D eigenvalue weighted by Gasteiger charge is -2.35. The lowest BCUT2D eigenvalue weighted by molar-refractivity contribution is 0.0214. The number of pyridine rings is 2. The summed E-state index contributed by atoms with van der Waals surface area (Å²) >= 11 is 0. The largest absolute Gasteiger partial charge is 0.444 e. The highest BCUT2D eigenvalue weighted by Crippen LogP contribution is 2.36. The van der Waals surface area contributed by atoms with Gasteiger partial charge in [0.1, 0.15) is 17.2 Å². The molecule has 0 radical (unpaired) electrons. The number of nitrogens with one attached hydrogen (secondary N) is 1. The number of ether oxygens (including phenoxy) is 1. The third-order valence-electron chi connectivity index (χ3n) is 6.89. The maximum Gasteiger partial charge on any atom is 0.410 e. The predicted octanol–water partition coefficient (Wildman–Crippen LogP) is 5.07. The number of aromatic nitrogens is 4. The Morgan fingerprint density at radius 3 is 2.59 bits per heavy atom. The molecule has 2 unspecified atom stereocenters. The molecule has 0 spiro atoms. The van der Waals surface area contributed by atoms with E-state index in [4.69, 9.17) is 9.84 Å². The van der Waals surface area contributed by atoms with Crippen LogP contribution in [-0.4, -0.2) is 61.5 Å². The van der Waals surface area contributed by atoms with Crippen molar-refractivity contribution in [2.45, 2.75) is 51.8 Å². The number of likely N-dealkylation sites (tertiary alicyclic amines) is 1. The molecule has 2 atom stereocenters. The molecule has 1 N–H and O–H groups in total. The number of carbonyl (C=O) groups is 1. The van der Waals surface area contributed by atoms with Gasteiger partial charge in [-0.3, -0.25) is 0 Å². The first-order valence-electron chi connectivity index (χ1n) is 12.7. The molecule has 2 fully saturated rings. The fraction of sp³-hybridized carbons (Fsp3) is 0.357. The van der Waals surface area contributed by atoms with Gasteiger partial charge in [0, 0.05) is 36.9 Å². The molecular weight excluding hydrogens is 466 g/mol. The molecule has 6 rings (SSSR count).